The maximum Gasteiger partial charge on any atom is 0.433 e. The van der Waals surface area contributed by atoms with Crippen LogP contribution in [0.4, 0.5) is 24.5 Å². The van der Waals surface area contributed by atoms with E-state index in [1.807, 2.05) is 23.1 Å². The molecule has 2 aliphatic carbocycles. The summed E-state index contributed by atoms with van der Waals surface area (Å²) in [6.07, 6.45) is 1.36. The Kier molecular flexibility index (Phi) is 7.12. The summed E-state index contributed by atoms with van der Waals surface area (Å²) in [7, 11) is 0. The number of benzene rings is 2. The molecule has 2 saturated carbocycles. The van der Waals surface area contributed by atoms with E-state index in [1.165, 1.54) is 31.5 Å². The number of halogens is 4. The summed E-state index contributed by atoms with van der Waals surface area (Å²) in [5.41, 5.74) is 2.68. The molecule has 2 aliphatic heterocycles. The van der Waals surface area contributed by atoms with Gasteiger partial charge in [-0.05, 0) is 73.3 Å². The van der Waals surface area contributed by atoms with Gasteiger partial charge in [0.15, 0.2) is 5.69 Å². The van der Waals surface area contributed by atoms with Gasteiger partial charge in [-0.3, -0.25) is 9.58 Å². The molecule has 3 heterocycles. The van der Waals surface area contributed by atoms with Crippen molar-refractivity contribution in [3.8, 4) is 11.1 Å². The van der Waals surface area contributed by atoms with Gasteiger partial charge in [0, 0.05) is 67.8 Å². The molecule has 0 amide bonds. The maximum absolute atomic E-state index is 13.9. The van der Waals surface area contributed by atoms with Gasteiger partial charge < -0.3 is 14.9 Å². The highest BCUT2D eigenvalue weighted by atomic mass is 35.5. The summed E-state index contributed by atoms with van der Waals surface area (Å²) in [6.45, 7) is 6.35. The minimum Gasteiger partial charge on any atom is -0.478 e. The summed E-state index contributed by atoms with van der Waals surface area (Å²) in [5, 5.41) is 13.8. The lowest BCUT2D eigenvalue weighted by molar-refractivity contribution is -0.145. The molecule has 7 rings (SSSR count). The van der Waals surface area contributed by atoms with Gasteiger partial charge in [-0.1, -0.05) is 29.8 Å². The molecular weight excluding hydrogens is 579 g/mol. The lowest BCUT2D eigenvalue weighted by atomic mass is 9.99. The molecule has 4 fully saturated rings. The van der Waals surface area contributed by atoms with Crippen molar-refractivity contribution >= 4 is 28.9 Å². The van der Waals surface area contributed by atoms with Crippen LogP contribution in [-0.4, -0.2) is 71.6 Å². The molecule has 2 aromatic carbocycles. The van der Waals surface area contributed by atoms with Gasteiger partial charge in [0.05, 0.1) is 12.2 Å². The highest BCUT2D eigenvalue weighted by Crippen LogP contribution is 2.70. The predicted octanol–water partition coefficient (Wildman–Crippen LogP) is 6.68. The molecule has 3 aromatic rings. The summed E-state index contributed by atoms with van der Waals surface area (Å²) in [4.78, 5) is 18.6. The second kappa shape index (κ2) is 10.7. The fourth-order valence-electron chi connectivity index (χ4n) is 7.28. The van der Waals surface area contributed by atoms with Crippen molar-refractivity contribution in [3.05, 3.63) is 64.9 Å². The molecule has 43 heavy (non-hydrogen) atoms. The van der Waals surface area contributed by atoms with Crippen molar-refractivity contribution in [2.75, 3.05) is 55.6 Å². The molecule has 0 bridgehead atoms. The predicted molar refractivity (Wildman–Crippen MR) is 160 cm³/mol. The second-order valence-corrected chi connectivity index (χ2v) is 13.1. The lowest BCUT2D eigenvalue weighted by Gasteiger charge is -2.37. The van der Waals surface area contributed by atoms with E-state index in [0.717, 1.165) is 65.2 Å². The van der Waals surface area contributed by atoms with Crippen LogP contribution in [0, 0.1) is 11.3 Å². The monoisotopic (exact) mass is 613 g/mol. The molecule has 228 valence electrons. The number of rotatable bonds is 7. The molecule has 1 spiro atoms. The first kappa shape index (κ1) is 28.5. The first-order valence-corrected chi connectivity index (χ1v) is 15.5. The van der Waals surface area contributed by atoms with Gasteiger partial charge in [0.1, 0.15) is 5.56 Å². The summed E-state index contributed by atoms with van der Waals surface area (Å²) in [6, 6.07) is 13.5. The average Bonchev–Trinajstić information content (AvgIpc) is 3.86. The minimum atomic E-state index is -4.83. The standard InChI is InChI=1S/C32H35ClF3N5O2/c33-23-5-8-26(21-3-6-24(7-4-21)39-14-12-38(13-15-39)19-22-17-31(22)9-10-31)28(16-23)40-11-1-2-25(20-40)41-29(32(34,35)36)27(18-37-41)30(42)43/h3-8,16,18,22,25H,1-2,9-15,17,19-20H2,(H,42,43). The number of nitrogens with zero attached hydrogens (tertiary/aromatic N) is 5. The number of hydrogen-bond donors (Lipinski definition) is 1. The van der Waals surface area contributed by atoms with E-state index >= 15 is 0 Å². The third-order valence-electron chi connectivity index (χ3n) is 9.98. The lowest BCUT2D eigenvalue weighted by Crippen LogP contribution is -2.47. The fraction of sp³-hybridized carbons (Fsp3) is 0.500. The van der Waals surface area contributed by atoms with Crippen molar-refractivity contribution in [2.24, 2.45) is 11.3 Å². The molecule has 1 N–H and O–H groups in total. The number of aromatic nitrogens is 2. The van der Waals surface area contributed by atoms with Crippen LogP contribution in [0.3, 0.4) is 0 Å². The smallest absolute Gasteiger partial charge is 0.433 e. The molecule has 4 aliphatic rings. The molecule has 7 nitrogen and oxygen atoms in total. The molecule has 2 unspecified atom stereocenters. The van der Waals surface area contributed by atoms with E-state index in [-0.39, 0.29) is 6.54 Å². The number of anilines is 2. The van der Waals surface area contributed by atoms with Crippen LogP contribution in [0.15, 0.2) is 48.7 Å². The number of alkyl halides is 3. The van der Waals surface area contributed by atoms with Crippen LogP contribution < -0.4 is 9.80 Å². The quantitative estimate of drug-likeness (QED) is 0.321. The molecule has 2 saturated heterocycles. The molecule has 1 aromatic heterocycles. The number of piperazine rings is 1. The number of hydrogen-bond acceptors (Lipinski definition) is 5. The van der Waals surface area contributed by atoms with Gasteiger partial charge in [0.25, 0.3) is 0 Å². The molecule has 0 radical (unpaired) electrons. The largest absolute Gasteiger partial charge is 0.478 e. The van der Waals surface area contributed by atoms with Gasteiger partial charge in [-0.25, -0.2) is 4.79 Å². The number of carboxylic acid groups (broad SMARTS) is 1. The minimum absolute atomic E-state index is 0.251. The molecular formula is C32H35ClF3N5O2. The fourth-order valence-corrected chi connectivity index (χ4v) is 7.44. The Balaban J connectivity index is 1.07. The zero-order chi connectivity index (χ0) is 29.9. The third-order valence-corrected chi connectivity index (χ3v) is 10.2. The van der Waals surface area contributed by atoms with Crippen LogP contribution in [0.25, 0.3) is 11.1 Å². The number of piperidine rings is 1. The van der Waals surface area contributed by atoms with Crippen LogP contribution in [0.5, 0.6) is 0 Å². The topological polar surface area (TPSA) is 64.8 Å². The Hall–Kier alpha value is -3.24. The zero-order valence-electron chi connectivity index (χ0n) is 23.9. The van der Waals surface area contributed by atoms with Crippen molar-refractivity contribution in [2.45, 2.75) is 44.3 Å². The second-order valence-electron chi connectivity index (χ2n) is 12.7. The van der Waals surface area contributed by atoms with Gasteiger partial charge in [-0.15, -0.1) is 0 Å². The van der Waals surface area contributed by atoms with Crippen molar-refractivity contribution < 1.29 is 23.1 Å². The van der Waals surface area contributed by atoms with E-state index in [0.29, 0.717) is 24.4 Å². The zero-order valence-corrected chi connectivity index (χ0v) is 24.6. The first-order chi connectivity index (χ1) is 20.6. The Morgan fingerprint density at radius 3 is 2.42 bits per heavy atom. The SMILES string of the molecule is O=C(O)c1cnn(C2CCCN(c3cc(Cl)ccc3-c3ccc(N4CCN(CC5CC56CC6)CC4)cc3)C2)c1C(F)(F)F. The van der Waals surface area contributed by atoms with Crippen LogP contribution in [0.1, 0.15) is 54.2 Å². The van der Waals surface area contributed by atoms with E-state index < -0.39 is 29.4 Å². The normalized spacial score (nSPS) is 23.5. The highest BCUT2D eigenvalue weighted by molar-refractivity contribution is 6.31. The van der Waals surface area contributed by atoms with E-state index in [2.05, 4.69) is 39.2 Å². The van der Waals surface area contributed by atoms with Gasteiger partial charge in [0.2, 0.25) is 0 Å². The Morgan fingerprint density at radius 1 is 1.02 bits per heavy atom. The highest BCUT2D eigenvalue weighted by Gasteiger charge is 2.62. The van der Waals surface area contributed by atoms with Crippen molar-refractivity contribution in [1.29, 1.82) is 0 Å². The van der Waals surface area contributed by atoms with Crippen LogP contribution >= 0.6 is 11.6 Å². The first-order valence-electron chi connectivity index (χ1n) is 15.1. The van der Waals surface area contributed by atoms with Crippen molar-refractivity contribution in [1.82, 2.24) is 14.7 Å². The van der Waals surface area contributed by atoms with Crippen LogP contribution in [-0.2, 0) is 6.18 Å². The molecule has 2 atom stereocenters. The van der Waals surface area contributed by atoms with Crippen LogP contribution in [0.2, 0.25) is 5.02 Å². The average molecular weight is 614 g/mol. The van der Waals surface area contributed by atoms with E-state index in [9.17, 15) is 23.1 Å². The van der Waals surface area contributed by atoms with Gasteiger partial charge >= 0.3 is 12.1 Å². The number of carbonyl (C=O) groups is 1. The van der Waals surface area contributed by atoms with E-state index in [4.69, 9.17) is 11.6 Å². The summed E-state index contributed by atoms with van der Waals surface area (Å²) >= 11 is 6.42. The van der Waals surface area contributed by atoms with Gasteiger partial charge in [-0.2, -0.15) is 18.3 Å². The number of aromatic carboxylic acids is 1. The van der Waals surface area contributed by atoms with Crippen molar-refractivity contribution in [3.63, 3.8) is 0 Å². The Labute approximate surface area is 253 Å². The number of carboxylic acids is 1. The summed E-state index contributed by atoms with van der Waals surface area (Å²) in [5.74, 6) is -0.714. The Bertz CT molecular complexity index is 1510. The third kappa shape index (κ3) is 5.59. The molecule has 11 heteroatoms. The summed E-state index contributed by atoms with van der Waals surface area (Å²) < 4.78 is 42.6. The van der Waals surface area contributed by atoms with E-state index in [1.54, 1.807) is 0 Å². The maximum atomic E-state index is 13.9. The Morgan fingerprint density at radius 2 is 1.77 bits per heavy atom.